The van der Waals surface area contributed by atoms with Gasteiger partial charge in [0.15, 0.2) is 17.1 Å². The molecule has 23 heavy (non-hydrogen) atoms. The fourth-order valence-corrected chi connectivity index (χ4v) is 1.64. The van der Waals surface area contributed by atoms with Crippen molar-refractivity contribution in [3.05, 3.63) is 71.5 Å². The van der Waals surface area contributed by atoms with Crippen molar-refractivity contribution >= 4 is 0 Å². The van der Waals surface area contributed by atoms with E-state index in [4.69, 9.17) is 20.0 Å². The van der Waals surface area contributed by atoms with E-state index < -0.39 is 11.6 Å². The molecule has 0 bridgehead atoms. The third-order valence-electron chi connectivity index (χ3n) is 2.74. The van der Waals surface area contributed by atoms with Gasteiger partial charge in [0, 0.05) is 6.07 Å². The fraction of sp³-hybridized carbons (Fsp3) is 0.0588. The molecule has 2 rings (SSSR count). The second-order valence-electron chi connectivity index (χ2n) is 4.39. The number of halogens is 2. The lowest BCUT2D eigenvalue weighted by atomic mass is 10.2. The molecule has 114 valence electrons. The van der Waals surface area contributed by atoms with Crippen molar-refractivity contribution in [3.8, 4) is 23.6 Å². The Morgan fingerprint density at radius 1 is 1.04 bits per heavy atom. The maximum absolute atomic E-state index is 13.5. The van der Waals surface area contributed by atoms with Crippen LogP contribution >= 0.6 is 0 Å². The van der Waals surface area contributed by atoms with Crippen LogP contribution in [0.15, 0.2) is 54.3 Å². The zero-order valence-corrected chi connectivity index (χ0v) is 11.8. The SMILES string of the molecule is N#CC(C#N)=COCc1ccc(Oc2ccc(F)cc2F)cc1. The summed E-state index contributed by atoms with van der Waals surface area (Å²) in [4.78, 5) is 0. The number of nitrogens with zero attached hydrogens (tertiary/aromatic N) is 2. The van der Waals surface area contributed by atoms with Gasteiger partial charge in [0.1, 0.15) is 36.6 Å². The zero-order valence-electron chi connectivity index (χ0n) is 11.8. The van der Waals surface area contributed by atoms with Gasteiger partial charge in [-0.2, -0.15) is 10.5 Å². The zero-order chi connectivity index (χ0) is 16.7. The van der Waals surface area contributed by atoms with Crippen LogP contribution in [0.1, 0.15) is 5.56 Å². The molecule has 0 aliphatic rings. The second kappa shape index (κ2) is 7.58. The molecule has 0 radical (unpaired) electrons. The first-order chi connectivity index (χ1) is 11.1. The third-order valence-corrected chi connectivity index (χ3v) is 2.74. The average Bonchev–Trinajstić information content (AvgIpc) is 2.56. The highest BCUT2D eigenvalue weighted by Crippen LogP contribution is 2.25. The van der Waals surface area contributed by atoms with Crippen LogP contribution in [0.25, 0.3) is 0 Å². The topological polar surface area (TPSA) is 66.0 Å². The Labute approximate surface area is 131 Å². The fourth-order valence-electron chi connectivity index (χ4n) is 1.64. The van der Waals surface area contributed by atoms with E-state index in [2.05, 4.69) is 0 Å². The lowest BCUT2D eigenvalue weighted by Crippen LogP contribution is -1.91. The molecule has 0 saturated heterocycles. The predicted molar refractivity (Wildman–Crippen MR) is 77.0 cm³/mol. The highest BCUT2D eigenvalue weighted by Gasteiger charge is 2.06. The molecule has 0 heterocycles. The van der Waals surface area contributed by atoms with E-state index in [0.717, 1.165) is 24.0 Å². The summed E-state index contributed by atoms with van der Waals surface area (Å²) in [7, 11) is 0. The van der Waals surface area contributed by atoms with Gasteiger partial charge < -0.3 is 9.47 Å². The van der Waals surface area contributed by atoms with Gasteiger partial charge >= 0.3 is 0 Å². The first kappa shape index (κ1) is 16.0. The van der Waals surface area contributed by atoms with E-state index in [9.17, 15) is 8.78 Å². The number of ether oxygens (including phenoxy) is 2. The Hall–Kier alpha value is -3.38. The first-order valence-corrected chi connectivity index (χ1v) is 6.46. The van der Waals surface area contributed by atoms with Gasteiger partial charge in [-0.05, 0) is 29.8 Å². The van der Waals surface area contributed by atoms with Crippen LogP contribution in [0, 0.1) is 34.3 Å². The predicted octanol–water partition coefficient (Wildman–Crippen LogP) is 4.20. The van der Waals surface area contributed by atoms with Gasteiger partial charge in [0.25, 0.3) is 0 Å². The third kappa shape index (κ3) is 4.55. The van der Waals surface area contributed by atoms with Crippen LogP contribution in [0.2, 0.25) is 0 Å². The summed E-state index contributed by atoms with van der Waals surface area (Å²) in [5.41, 5.74) is 0.639. The van der Waals surface area contributed by atoms with Gasteiger partial charge in [-0.25, -0.2) is 8.78 Å². The monoisotopic (exact) mass is 312 g/mol. The summed E-state index contributed by atoms with van der Waals surface area (Å²) in [5.74, 6) is -1.16. The summed E-state index contributed by atoms with van der Waals surface area (Å²) in [5, 5.41) is 17.1. The van der Waals surface area contributed by atoms with E-state index in [1.165, 1.54) is 6.07 Å². The number of rotatable bonds is 5. The van der Waals surface area contributed by atoms with Crippen LogP contribution < -0.4 is 4.74 Å². The van der Waals surface area contributed by atoms with E-state index in [0.29, 0.717) is 5.75 Å². The van der Waals surface area contributed by atoms with E-state index in [1.54, 1.807) is 36.4 Å². The largest absolute Gasteiger partial charge is 0.494 e. The van der Waals surface area contributed by atoms with Gasteiger partial charge in [0.2, 0.25) is 0 Å². The van der Waals surface area contributed by atoms with E-state index >= 15 is 0 Å². The normalized spacial score (nSPS) is 9.39. The molecule has 0 N–H and O–H groups in total. The number of benzene rings is 2. The molecular formula is C17H10F2N2O2. The maximum atomic E-state index is 13.5. The van der Waals surface area contributed by atoms with Crippen LogP contribution in [-0.2, 0) is 11.3 Å². The van der Waals surface area contributed by atoms with Gasteiger partial charge in [-0.15, -0.1) is 0 Å². The molecule has 0 aliphatic carbocycles. The van der Waals surface area contributed by atoms with E-state index in [-0.39, 0.29) is 17.9 Å². The Balaban J connectivity index is 1.99. The van der Waals surface area contributed by atoms with Gasteiger partial charge in [0.05, 0.1) is 0 Å². The highest BCUT2D eigenvalue weighted by atomic mass is 19.1. The van der Waals surface area contributed by atoms with Gasteiger partial charge in [-0.1, -0.05) is 12.1 Å². The molecule has 0 atom stereocenters. The standard InChI is InChI=1S/C17H10F2N2O2/c18-14-3-6-17(16(19)7-14)23-15-4-1-12(2-5-15)10-22-11-13(8-20)9-21/h1-7,11H,10H2. The lowest BCUT2D eigenvalue weighted by Gasteiger charge is -2.08. The minimum absolute atomic E-state index is 0.0778. The highest BCUT2D eigenvalue weighted by molar-refractivity contribution is 5.35. The summed E-state index contributed by atoms with van der Waals surface area (Å²) >= 11 is 0. The Morgan fingerprint density at radius 2 is 1.74 bits per heavy atom. The molecule has 0 saturated carbocycles. The minimum atomic E-state index is -0.789. The molecule has 0 unspecified atom stereocenters. The molecule has 0 spiro atoms. The van der Waals surface area contributed by atoms with E-state index in [1.807, 2.05) is 0 Å². The molecule has 4 nitrogen and oxygen atoms in total. The summed E-state index contributed by atoms with van der Waals surface area (Å²) < 4.78 is 36.7. The van der Waals surface area contributed by atoms with Crippen molar-refractivity contribution in [1.29, 1.82) is 10.5 Å². The molecule has 0 fully saturated rings. The quantitative estimate of drug-likeness (QED) is 0.613. The van der Waals surface area contributed by atoms with Crippen LogP contribution in [-0.4, -0.2) is 0 Å². The summed E-state index contributed by atoms with van der Waals surface area (Å²) in [6.45, 7) is 0.165. The molecular weight excluding hydrogens is 302 g/mol. The Morgan fingerprint density at radius 3 is 2.35 bits per heavy atom. The van der Waals surface area contributed by atoms with Crippen molar-refractivity contribution in [2.45, 2.75) is 6.61 Å². The Kier molecular flexibility index (Phi) is 5.27. The van der Waals surface area contributed by atoms with Crippen molar-refractivity contribution in [2.24, 2.45) is 0 Å². The number of hydrogen-bond acceptors (Lipinski definition) is 4. The molecule has 0 amide bonds. The van der Waals surface area contributed by atoms with Crippen molar-refractivity contribution in [1.82, 2.24) is 0 Å². The van der Waals surface area contributed by atoms with Crippen molar-refractivity contribution in [3.63, 3.8) is 0 Å². The van der Waals surface area contributed by atoms with Crippen LogP contribution in [0.4, 0.5) is 8.78 Å². The van der Waals surface area contributed by atoms with Crippen LogP contribution in [0.5, 0.6) is 11.5 Å². The molecule has 0 aromatic heterocycles. The minimum Gasteiger partial charge on any atom is -0.494 e. The first-order valence-electron chi connectivity index (χ1n) is 6.46. The molecule has 6 heteroatoms. The molecule has 2 aromatic rings. The maximum Gasteiger partial charge on any atom is 0.168 e. The van der Waals surface area contributed by atoms with Crippen molar-refractivity contribution < 1.29 is 18.3 Å². The Bertz CT molecular complexity index is 787. The smallest absolute Gasteiger partial charge is 0.168 e. The lowest BCUT2D eigenvalue weighted by molar-refractivity contribution is 0.235. The summed E-state index contributed by atoms with van der Waals surface area (Å²) in [6, 6.07) is 13.0. The van der Waals surface area contributed by atoms with Crippen LogP contribution in [0.3, 0.4) is 0 Å². The average molecular weight is 312 g/mol. The molecule has 0 aliphatic heterocycles. The molecule has 2 aromatic carbocycles. The number of hydrogen-bond donors (Lipinski definition) is 0. The summed E-state index contributed by atoms with van der Waals surface area (Å²) in [6.07, 6.45) is 1.08. The second-order valence-corrected chi connectivity index (χ2v) is 4.39. The van der Waals surface area contributed by atoms with Crippen molar-refractivity contribution in [2.75, 3.05) is 0 Å². The number of nitriles is 2. The number of allylic oxidation sites excluding steroid dienone is 1. The van der Waals surface area contributed by atoms with Gasteiger partial charge in [-0.3, -0.25) is 0 Å².